The minimum absolute atomic E-state index is 0.00230. The lowest BCUT2D eigenvalue weighted by Crippen LogP contribution is -2.59. The Hall–Kier alpha value is -3.35. The number of aromatic hydroxyl groups is 1. The number of anilines is 1. The van der Waals surface area contributed by atoms with Crippen LogP contribution in [0.4, 0.5) is 15.3 Å². The highest BCUT2D eigenvalue weighted by atomic mass is 79.9. The van der Waals surface area contributed by atoms with Crippen LogP contribution in [0.5, 0.6) is 5.75 Å². The molecule has 2 aromatic rings. The number of aliphatic hydroxyl groups is 1. The first kappa shape index (κ1) is 34.5. The molecule has 4 aliphatic heterocycles. The van der Waals surface area contributed by atoms with Crippen LogP contribution in [-0.2, 0) is 22.4 Å². The second-order valence-electron chi connectivity index (χ2n) is 13.7. The summed E-state index contributed by atoms with van der Waals surface area (Å²) in [6.45, 7) is 6.57. The monoisotopic (exact) mass is 725 g/mol. The first-order valence-corrected chi connectivity index (χ1v) is 18.3. The van der Waals surface area contributed by atoms with Crippen LogP contribution in [0.25, 0.3) is 0 Å². The van der Waals surface area contributed by atoms with Crippen molar-refractivity contribution in [3.8, 4) is 5.75 Å². The molecule has 48 heavy (non-hydrogen) atoms. The number of aliphatic hydroxyl groups excluding tert-OH is 1. The van der Waals surface area contributed by atoms with Gasteiger partial charge in [0.1, 0.15) is 5.75 Å². The fourth-order valence-electron chi connectivity index (χ4n) is 7.95. The maximum Gasteiger partial charge on any atom is 0.410 e. The molecule has 0 aromatic heterocycles. The Morgan fingerprint density at radius 1 is 0.979 bits per heavy atom. The van der Waals surface area contributed by atoms with Crippen LogP contribution in [0.1, 0.15) is 63.0 Å². The number of phenolic OH excluding ortho intramolecular Hbond substituents is 1. The van der Waals surface area contributed by atoms with Crippen molar-refractivity contribution in [3.63, 3.8) is 0 Å². The number of phenols is 1. The van der Waals surface area contributed by atoms with E-state index in [9.17, 15) is 24.6 Å². The van der Waals surface area contributed by atoms with Crippen LogP contribution in [0, 0.1) is 0 Å². The molecule has 2 aromatic carbocycles. The van der Waals surface area contributed by atoms with Crippen LogP contribution in [0.2, 0.25) is 0 Å². The number of rotatable bonds is 7. The molecule has 0 saturated carbocycles. The molecule has 3 saturated heterocycles. The number of hydrogen-bond acceptors (Lipinski definition) is 7. The third kappa shape index (κ3) is 7.60. The summed E-state index contributed by atoms with van der Waals surface area (Å²) in [7, 11) is 0. The van der Waals surface area contributed by atoms with E-state index >= 15 is 0 Å². The van der Waals surface area contributed by atoms with Crippen molar-refractivity contribution in [1.29, 1.82) is 0 Å². The highest BCUT2D eigenvalue weighted by molar-refractivity contribution is 9.10. The maximum absolute atomic E-state index is 14.1. The zero-order chi connectivity index (χ0) is 33.8. The van der Waals surface area contributed by atoms with E-state index in [0.29, 0.717) is 50.0 Å². The lowest BCUT2D eigenvalue weighted by atomic mass is 9.81. The minimum Gasteiger partial charge on any atom is -0.507 e. The Kier molecular flexibility index (Phi) is 10.8. The molecule has 11 nitrogen and oxygen atoms in total. The quantitative estimate of drug-likeness (QED) is 0.368. The average molecular weight is 727 g/mol. The van der Waals surface area contributed by atoms with Crippen LogP contribution < -0.4 is 5.32 Å². The number of urea groups is 1. The molecule has 4 amide bonds. The van der Waals surface area contributed by atoms with E-state index in [-0.39, 0.29) is 41.8 Å². The molecule has 260 valence electrons. The highest BCUT2D eigenvalue weighted by Gasteiger charge is 2.42. The van der Waals surface area contributed by atoms with E-state index in [1.54, 1.807) is 23.1 Å². The van der Waals surface area contributed by atoms with Crippen LogP contribution in [0.3, 0.4) is 0 Å². The summed E-state index contributed by atoms with van der Waals surface area (Å²) in [4.78, 5) is 48.6. The van der Waals surface area contributed by atoms with Gasteiger partial charge in [-0.25, -0.2) is 9.59 Å². The number of fused-ring (bicyclic) bond motifs is 1. The number of benzene rings is 2. The van der Waals surface area contributed by atoms with Gasteiger partial charge in [-0.15, -0.1) is 0 Å². The first-order chi connectivity index (χ1) is 23.2. The van der Waals surface area contributed by atoms with Gasteiger partial charge in [-0.3, -0.25) is 9.69 Å². The van der Waals surface area contributed by atoms with Crippen LogP contribution >= 0.6 is 15.9 Å². The Labute approximate surface area is 291 Å². The molecular formula is C36H48BrN5O6. The standard InChI is InChI=1S/C36H48BrN5O6/c1-2-36(41-18-12-28(43)13-19-41)14-21-39(22-15-36)33(45)32(24-25-7-8-31(44)29(37)23-25)48-35(47)40-16-10-27(11-17-40)42-20-9-26-5-3-4-6-30(26)38-34(42)46/h3-8,23,27-28,32,43-44H,2,9-22,24H2,1H3,(H,38,46)/t32-/m1/s1. The number of piperidine rings is 3. The molecule has 4 heterocycles. The first-order valence-electron chi connectivity index (χ1n) is 17.5. The molecule has 1 atom stereocenters. The summed E-state index contributed by atoms with van der Waals surface area (Å²) >= 11 is 3.37. The SMILES string of the molecule is CCC1(N2CCC(O)CC2)CCN(C(=O)[C@@H](Cc2ccc(O)c(Br)c2)OC(=O)N2CCC(N3CCc4ccccc4NC3=O)CC2)CC1. The summed E-state index contributed by atoms with van der Waals surface area (Å²) in [6.07, 6.45) is 4.64. The van der Waals surface area contributed by atoms with Crippen molar-refractivity contribution in [3.05, 3.63) is 58.1 Å². The second kappa shape index (κ2) is 15.0. The van der Waals surface area contributed by atoms with Gasteiger partial charge in [0.15, 0.2) is 6.10 Å². The number of carbonyl (C=O) groups excluding carboxylic acids is 3. The van der Waals surface area contributed by atoms with Crippen molar-refractivity contribution in [2.45, 2.75) is 88.5 Å². The Morgan fingerprint density at radius 3 is 2.38 bits per heavy atom. The highest BCUT2D eigenvalue weighted by Crippen LogP contribution is 2.35. The summed E-state index contributed by atoms with van der Waals surface area (Å²) in [5.41, 5.74) is 2.74. The summed E-state index contributed by atoms with van der Waals surface area (Å²) < 4.78 is 6.55. The van der Waals surface area contributed by atoms with Gasteiger partial charge >= 0.3 is 12.1 Å². The fraction of sp³-hybridized carbons (Fsp3) is 0.583. The predicted molar refractivity (Wildman–Crippen MR) is 186 cm³/mol. The van der Waals surface area contributed by atoms with Gasteiger partial charge in [-0.05, 0) is 96.6 Å². The zero-order valence-corrected chi connectivity index (χ0v) is 29.4. The van der Waals surface area contributed by atoms with Crippen molar-refractivity contribution in [2.24, 2.45) is 0 Å². The summed E-state index contributed by atoms with van der Waals surface area (Å²) in [5, 5.41) is 23.1. The second-order valence-corrected chi connectivity index (χ2v) is 14.6. The smallest absolute Gasteiger partial charge is 0.410 e. The Balaban J connectivity index is 1.09. The molecule has 3 fully saturated rings. The van der Waals surface area contributed by atoms with Gasteiger partial charge in [-0.1, -0.05) is 31.2 Å². The number of para-hydroxylation sites is 1. The van der Waals surface area contributed by atoms with Crippen LogP contribution in [-0.4, -0.2) is 117 Å². The predicted octanol–water partition coefficient (Wildman–Crippen LogP) is 4.98. The molecule has 12 heteroatoms. The third-order valence-corrected chi connectivity index (χ3v) is 11.7. The van der Waals surface area contributed by atoms with Gasteiger partial charge in [-0.2, -0.15) is 0 Å². The normalized spacial score (nSPS) is 21.6. The summed E-state index contributed by atoms with van der Waals surface area (Å²) in [6, 6.07) is 12.8. The number of nitrogens with zero attached hydrogens (tertiary/aromatic N) is 4. The third-order valence-electron chi connectivity index (χ3n) is 11.1. The van der Waals surface area contributed by atoms with Gasteiger partial charge in [0, 0.05) is 69.5 Å². The van der Waals surface area contributed by atoms with Crippen LogP contribution in [0.15, 0.2) is 46.9 Å². The fourth-order valence-corrected chi connectivity index (χ4v) is 8.37. The van der Waals surface area contributed by atoms with Gasteiger partial charge in [0.05, 0.1) is 10.6 Å². The molecule has 0 unspecified atom stereocenters. The number of nitrogens with one attached hydrogen (secondary N) is 1. The van der Waals surface area contributed by atoms with Gasteiger partial charge in [0.2, 0.25) is 0 Å². The number of halogens is 1. The minimum atomic E-state index is -1.01. The Morgan fingerprint density at radius 2 is 1.69 bits per heavy atom. The lowest BCUT2D eigenvalue weighted by Gasteiger charge is -2.50. The maximum atomic E-state index is 14.1. The number of amides is 4. The largest absolute Gasteiger partial charge is 0.507 e. The van der Waals surface area contributed by atoms with Crippen molar-refractivity contribution in [2.75, 3.05) is 51.1 Å². The van der Waals surface area contributed by atoms with E-state index in [0.717, 1.165) is 68.4 Å². The molecule has 6 rings (SSSR count). The molecular weight excluding hydrogens is 678 g/mol. The summed E-state index contributed by atoms with van der Waals surface area (Å²) in [5.74, 6) is -0.109. The number of hydrogen-bond donors (Lipinski definition) is 3. The molecule has 0 spiro atoms. The van der Waals surface area contributed by atoms with Crippen molar-refractivity contribution in [1.82, 2.24) is 19.6 Å². The van der Waals surface area contributed by atoms with E-state index in [1.165, 1.54) is 0 Å². The number of ether oxygens (including phenoxy) is 1. The van der Waals surface area contributed by atoms with E-state index in [1.807, 2.05) is 34.1 Å². The van der Waals surface area contributed by atoms with Gasteiger partial charge in [0.25, 0.3) is 5.91 Å². The van der Waals surface area contributed by atoms with Gasteiger partial charge < -0.3 is 35.0 Å². The molecule has 0 aliphatic carbocycles. The molecule has 4 aliphatic rings. The topological polar surface area (TPSA) is 126 Å². The van der Waals surface area contributed by atoms with Crippen molar-refractivity contribution >= 4 is 39.6 Å². The van der Waals surface area contributed by atoms with E-state index in [4.69, 9.17) is 4.74 Å². The molecule has 3 N–H and O–H groups in total. The number of likely N-dealkylation sites (tertiary alicyclic amines) is 3. The van der Waals surface area contributed by atoms with Crippen molar-refractivity contribution < 1.29 is 29.3 Å². The molecule has 0 bridgehead atoms. The zero-order valence-electron chi connectivity index (χ0n) is 27.8. The Bertz CT molecular complexity index is 1470. The lowest BCUT2D eigenvalue weighted by molar-refractivity contribution is -0.144. The number of carbonyl (C=O) groups is 3. The van der Waals surface area contributed by atoms with E-state index < -0.39 is 12.2 Å². The van der Waals surface area contributed by atoms with E-state index in [2.05, 4.69) is 33.1 Å². The average Bonchev–Trinajstić information content (AvgIpc) is 3.27. The molecule has 0 radical (unpaired) electrons.